The molecule has 1 aromatic carbocycles. The lowest BCUT2D eigenvalue weighted by Crippen LogP contribution is -2.17. The smallest absolute Gasteiger partial charge is 0.318 e. The predicted molar refractivity (Wildman–Crippen MR) is 112 cm³/mol. The molecule has 0 aliphatic rings. The highest BCUT2D eigenvalue weighted by Gasteiger charge is 2.39. The number of carbonyl (C=O) groups excluding carboxylic acids is 1. The van der Waals surface area contributed by atoms with Crippen LogP contribution in [0, 0.1) is 0 Å². The number of nitrogens with one attached hydrogen (secondary N) is 2. The molecule has 182 valence electrons. The maximum Gasteiger partial charge on any atom is 0.416 e. The lowest BCUT2D eigenvalue weighted by atomic mass is 9.98. The van der Waals surface area contributed by atoms with Gasteiger partial charge in [0.15, 0.2) is 0 Å². The molecule has 4 aromatic rings. The molecular formula is C22H16F6N6O. The molecule has 0 unspecified atom stereocenters. The van der Waals surface area contributed by atoms with E-state index in [4.69, 9.17) is 0 Å². The summed E-state index contributed by atoms with van der Waals surface area (Å²) >= 11 is 0. The average molecular weight is 494 g/mol. The number of halogens is 6. The zero-order chi connectivity index (χ0) is 25.4. The van der Waals surface area contributed by atoms with E-state index in [2.05, 4.69) is 25.6 Å². The van der Waals surface area contributed by atoms with Crippen molar-refractivity contribution in [2.45, 2.75) is 25.3 Å². The van der Waals surface area contributed by atoms with E-state index in [1.54, 1.807) is 24.4 Å². The topological polar surface area (TPSA) is 88.5 Å². The number of nitrogens with zero attached hydrogens (tertiary/aromatic N) is 4. The fraction of sp³-hybridized carbons (Fsp3) is 0.182. The van der Waals surface area contributed by atoms with Crippen LogP contribution in [0.15, 0.2) is 61.1 Å². The zero-order valence-corrected chi connectivity index (χ0v) is 17.8. The molecule has 1 amide bonds. The van der Waals surface area contributed by atoms with E-state index >= 15 is 0 Å². The van der Waals surface area contributed by atoms with Crippen LogP contribution < -0.4 is 5.32 Å². The molecule has 4 rings (SSSR count). The molecule has 1 atom stereocenters. The van der Waals surface area contributed by atoms with Crippen molar-refractivity contribution in [2.24, 2.45) is 0 Å². The van der Waals surface area contributed by atoms with Crippen LogP contribution in [-0.4, -0.2) is 30.9 Å². The van der Waals surface area contributed by atoms with Crippen molar-refractivity contribution in [1.82, 2.24) is 25.0 Å². The Balaban J connectivity index is 1.54. The van der Waals surface area contributed by atoms with Crippen LogP contribution in [0.25, 0.3) is 11.4 Å². The molecule has 0 saturated heterocycles. The first-order chi connectivity index (χ1) is 16.4. The van der Waals surface area contributed by atoms with Crippen LogP contribution in [0.2, 0.25) is 0 Å². The third-order valence-electron chi connectivity index (χ3n) is 5.14. The highest BCUT2D eigenvalue weighted by molar-refractivity contribution is 6.03. The van der Waals surface area contributed by atoms with Gasteiger partial charge >= 0.3 is 12.4 Å². The van der Waals surface area contributed by atoms with Crippen molar-refractivity contribution in [2.75, 3.05) is 5.32 Å². The molecule has 7 nitrogen and oxygen atoms in total. The van der Waals surface area contributed by atoms with Gasteiger partial charge in [-0.15, -0.1) is 0 Å². The second-order valence-corrected chi connectivity index (χ2v) is 7.52. The van der Waals surface area contributed by atoms with E-state index < -0.39 is 41.0 Å². The van der Waals surface area contributed by atoms with Gasteiger partial charge in [0.1, 0.15) is 11.4 Å². The summed E-state index contributed by atoms with van der Waals surface area (Å²) in [5.74, 6) is -0.586. The Labute approximate surface area is 193 Å². The first-order valence-electron chi connectivity index (χ1n) is 10.0. The maximum absolute atomic E-state index is 13.5. The van der Waals surface area contributed by atoms with Gasteiger partial charge in [-0.2, -0.15) is 36.5 Å². The lowest BCUT2D eigenvalue weighted by molar-refractivity contribution is -0.143. The van der Waals surface area contributed by atoms with Gasteiger partial charge in [0.25, 0.3) is 5.91 Å². The van der Waals surface area contributed by atoms with Gasteiger partial charge in [-0.1, -0.05) is 12.1 Å². The van der Waals surface area contributed by atoms with E-state index in [0.29, 0.717) is 17.5 Å². The molecule has 0 aliphatic heterocycles. The second kappa shape index (κ2) is 8.89. The minimum absolute atomic E-state index is 0.0788. The van der Waals surface area contributed by atoms with E-state index in [0.717, 1.165) is 10.7 Å². The summed E-state index contributed by atoms with van der Waals surface area (Å²) in [6.45, 7) is 1.35. The maximum atomic E-state index is 13.5. The van der Waals surface area contributed by atoms with E-state index in [9.17, 15) is 31.1 Å². The molecule has 0 fully saturated rings. The Morgan fingerprint density at radius 2 is 1.80 bits per heavy atom. The van der Waals surface area contributed by atoms with E-state index in [1.807, 2.05) is 0 Å². The summed E-state index contributed by atoms with van der Waals surface area (Å²) in [6.07, 6.45) is -5.88. The fourth-order valence-electron chi connectivity index (χ4n) is 3.38. The van der Waals surface area contributed by atoms with Crippen LogP contribution in [-0.2, 0) is 12.4 Å². The normalized spacial score (nSPS) is 13.0. The third kappa shape index (κ3) is 5.18. The summed E-state index contributed by atoms with van der Waals surface area (Å²) < 4.78 is 80.5. The molecule has 0 aliphatic carbocycles. The first kappa shape index (κ1) is 24.0. The monoisotopic (exact) mass is 494 g/mol. The molecular weight excluding hydrogens is 478 g/mol. The van der Waals surface area contributed by atoms with Gasteiger partial charge in [-0.25, -0.2) is 0 Å². The van der Waals surface area contributed by atoms with Crippen molar-refractivity contribution in [3.63, 3.8) is 0 Å². The summed E-state index contributed by atoms with van der Waals surface area (Å²) in [7, 11) is 0. The van der Waals surface area contributed by atoms with Crippen LogP contribution in [0.4, 0.5) is 32.0 Å². The van der Waals surface area contributed by atoms with Gasteiger partial charge in [-0.3, -0.25) is 19.6 Å². The Morgan fingerprint density at radius 1 is 1.03 bits per heavy atom. The molecule has 3 aromatic heterocycles. The highest BCUT2D eigenvalue weighted by Crippen LogP contribution is 2.39. The molecule has 0 bridgehead atoms. The summed E-state index contributed by atoms with van der Waals surface area (Å²) in [4.78, 5) is 16.7. The van der Waals surface area contributed by atoms with Crippen LogP contribution >= 0.6 is 0 Å². The molecule has 13 heteroatoms. The van der Waals surface area contributed by atoms with Gasteiger partial charge in [0.2, 0.25) is 0 Å². The van der Waals surface area contributed by atoms with Gasteiger partial charge < -0.3 is 5.32 Å². The molecule has 0 spiro atoms. The number of amides is 1. The van der Waals surface area contributed by atoms with Crippen molar-refractivity contribution >= 4 is 11.6 Å². The number of aromatic amines is 1. The summed E-state index contributed by atoms with van der Waals surface area (Å²) in [5.41, 5.74) is -1.98. The quantitative estimate of drug-likeness (QED) is 0.355. The molecule has 2 N–H and O–H groups in total. The molecule has 35 heavy (non-hydrogen) atoms. The Morgan fingerprint density at radius 3 is 2.46 bits per heavy atom. The van der Waals surface area contributed by atoms with Gasteiger partial charge in [0.05, 0.1) is 34.7 Å². The SMILES string of the molecule is C[C@H](c1ccc(C(F)(F)F)cc1C(F)(F)F)n1cc(NC(=O)c2cc(-c3ccccn3)n[nH]2)cn1. The molecule has 0 saturated carbocycles. The number of carbonyl (C=O) groups is 1. The number of hydrogen-bond donors (Lipinski definition) is 2. The van der Waals surface area contributed by atoms with Crippen molar-refractivity contribution in [3.8, 4) is 11.4 Å². The van der Waals surface area contributed by atoms with E-state index in [1.165, 1.54) is 25.4 Å². The van der Waals surface area contributed by atoms with Crippen LogP contribution in [0.5, 0.6) is 0 Å². The van der Waals surface area contributed by atoms with Crippen LogP contribution in [0.1, 0.15) is 40.1 Å². The number of H-pyrrole nitrogens is 1. The fourth-order valence-corrected chi connectivity index (χ4v) is 3.38. The number of benzene rings is 1. The molecule has 3 heterocycles. The van der Waals surface area contributed by atoms with Crippen molar-refractivity contribution in [3.05, 3.63) is 83.4 Å². The number of anilines is 1. The summed E-state index contributed by atoms with van der Waals surface area (Å²) in [6, 6.07) is 7.03. The van der Waals surface area contributed by atoms with Crippen molar-refractivity contribution in [1.29, 1.82) is 0 Å². The lowest BCUT2D eigenvalue weighted by Gasteiger charge is -2.20. The van der Waals surface area contributed by atoms with Crippen LogP contribution in [0.3, 0.4) is 0 Å². The zero-order valence-electron chi connectivity index (χ0n) is 17.8. The highest BCUT2D eigenvalue weighted by atomic mass is 19.4. The standard InChI is InChI=1S/C22H16F6N6O/c1-12(15-6-5-13(21(23,24)25)8-16(15)22(26,27)28)34-11-14(10-30-34)31-20(35)19-9-18(32-33-19)17-4-2-3-7-29-17/h2-12H,1H3,(H,31,35)(H,32,33)/t12-/m1/s1. The van der Waals surface area contributed by atoms with Crippen molar-refractivity contribution < 1.29 is 31.1 Å². The predicted octanol–water partition coefficient (Wildman–Crippen LogP) is 5.57. The third-order valence-corrected chi connectivity index (χ3v) is 5.14. The van der Waals surface area contributed by atoms with Gasteiger partial charge in [-0.05, 0) is 42.8 Å². The average Bonchev–Trinajstić information content (AvgIpc) is 3.48. The van der Waals surface area contributed by atoms with Gasteiger partial charge in [0, 0.05) is 12.4 Å². The number of alkyl halides is 6. The first-order valence-corrected chi connectivity index (χ1v) is 10.0. The Kier molecular flexibility index (Phi) is 6.09. The van der Waals surface area contributed by atoms with E-state index in [-0.39, 0.29) is 17.4 Å². The Bertz CT molecular complexity index is 1340. The number of hydrogen-bond acceptors (Lipinski definition) is 4. The second-order valence-electron chi connectivity index (χ2n) is 7.52. The number of aromatic nitrogens is 5. The molecule has 0 radical (unpaired) electrons. The number of rotatable bonds is 5. The minimum Gasteiger partial charge on any atom is -0.318 e. The number of pyridine rings is 1. The largest absolute Gasteiger partial charge is 0.416 e. The Hall–Kier alpha value is -4.16. The summed E-state index contributed by atoms with van der Waals surface area (Å²) in [5, 5.41) is 13.1. The minimum atomic E-state index is -5.01.